The van der Waals surface area contributed by atoms with E-state index < -0.39 is 10.0 Å². The van der Waals surface area contributed by atoms with Crippen molar-refractivity contribution >= 4 is 40.0 Å². The highest BCUT2D eigenvalue weighted by Crippen LogP contribution is 2.25. The van der Waals surface area contributed by atoms with Crippen molar-refractivity contribution < 1.29 is 8.42 Å². The zero-order chi connectivity index (χ0) is 18.6. The molecule has 3 rings (SSSR count). The average molecular weight is 511 g/mol. The van der Waals surface area contributed by atoms with Crippen molar-refractivity contribution in [1.82, 2.24) is 30.1 Å². The van der Waals surface area contributed by atoms with E-state index in [1.807, 2.05) is 11.6 Å². The summed E-state index contributed by atoms with van der Waals surface area (Å²) in [6.45, 7) is 3.63. The van der Waals surface area contributed by atoms with Gasteiger partial charge in [0.25, 0.3) is 0 Å². The number of nitrogens with zero attached hydrogens (tertiary/aromatic N) is 4. The van der Waals surface area contributed by atoms with Gasteiger partial charge in [-0.25, -0.2) is 22.8 Å². The molecule has 0 aromatic carbocycles. The number of aryl methyl sites for hydroxylation is 2. The summed E-state index contributed by atoms with van der Waals surface area (Å²) in [5.41, 5.74) is 0. The lowest BCUT2D eigenvalue weighted by atomic mass is 9.86. The minimum atomic E-state index is -3.26. The summed E-state index contributed by atoms with van der Waals surface area (Å²) in [4.78, 5) is 8.69. The van der Waals surface area contributed by atoms with Gasteiger partial charge in [0.15, 0.2) is 5.96 Å². The Morgan fingerprint density at radius 2 is 2.07 bits per heavy atom. The van der Waals surface area contributed by atoms with E-state index in [9.17, 15) is 8.42 Å². The average Bonchev–Trinajstić information content (AvgIpc) is 2.93. The second-order valence-corrected chi connectivity index (χ2v) is 8.97. The van der Waals surface area contributed by atoms with Crippen LogP contribution in [0, 0.1) is 12.8 Å². The Labute approximate surface area is 178 Å². The van der Waals surface area contributed by atoms with Gasteiger partial charge in [-0.15, -0.1) is 24.0 Å². The minimum Gasteiger partial charge on any atom is -0.355 e. The number of fused-ring (bicyclic) bond motifs is 1. The van der Waals surface area contributed by atoms with Crippen LogP contribution < -0.4 is 15.4 Å². The maximum absolute atomic E-state index is 12.1. The van der Waals surface area contributed by atoms with Crippen LogP contribution >= 0.6 is 24.0 Å². The third-order valence-electron chi connectivity index (χ3n) is 5.00. The van der Waals surface area contributed by atoms with Crippen LogP contribution in [0.1, 0.15) is 49.8 Å². The molecule has 1 aromatic heterocycles. The number of aromatic nitrogens is 3. The minimum absolute atomic E-state index is 0. The van der Waals surface area contributed by atoms with Crippen LogP contribution in [-0.4, -0.2) is 55.0 Å². The Bertz CT molecular complexity index is 746. The fourth-order valence-corrected chi connectivity index (χ4v) is 4.29. The number of halogens is 1. The van der Waals surface area contributed by atoms with Crippen molar-refractivity contribution in [3.8, 4) is 0 Å². The van der Waals surface area contributed by atoms with Gasteiger partial charge in [0.05, 0.1) is 11.8 Å². The molecule has 9 nitrogen and oxygen atoms in total. The lowest BCUT2D eigenvalue weighted by molar-refractivity contribution is 0.316. The van der Waals surface area contributed by atoms with Crippen LogP contribution in [0.2, 0.25) is 0 Å². The maximum atomic E-state index is 12.1. The molecule has 1 aromatic rings. The number of hydrogen-bond acceptors (Lipinski definition) is 5. The molecule has 0 radical (unpaired) electrons. The largest absolute Gasteiger partial charge is 0.355 e. The zero-order valence-corrected chi connectivity index (χ0v) is 19.1. The van der Waals surface area contributed by atoms with Gasteiger partial charge in [0.1, 0.15) is 11.6 Å². The van der Waals surface area contributed by atoms with Crippen LogP contribution in [0.4, 0.5) is 0 Å². The van der Waals surface area contributed by atoms with Crippen LogP contribution in [0.5, 0.6) is 0 Å². The molecule has 0 saturated heterocycles. The molecule has 3 N–H and O–H groups in total. The van der Waals surface area contributed by atoms with Crippen LogP contribution in [0.3, 0.4) is 0 Å². The van der Waals surface area contributed by atoms with Gasteiger partial charge in [-0.05, 0) is 38.5 Å². The number of sulfonamides is 1. The molecular formula is C16H30IN7O2S. The molecule has 1 fully saturated rings. The van der Waals surface area contributed by atoms with E-state index in [1.165, 1.54) is 6.42 Å². The first kappa shape index (κ1) is 22.3. The van der Waals surface area contributed by atoms with Gasteiger partial charge in [0, 0.05) is 26.7 Å². The summed E-state index contributed by atoms with van der Waals surface area (Å²) in [6.07, 6.45) is 5.43. The maximum Gasteiger partial charge on any atom is 0.213 e. The lowest BCUT2D eigenvalue weighted by Crippen LogP contribution is -2.44. The van der Waals surface area contributed by atoms with Crippen molar-refractivity contribution in [3.05, 3.63) is 11.6 Å². The molecule has 27 heavy (non-hydrogen) atoms. The fourth-order valence-electron chi connectivity index (χ4n) is 3.28. The molecule has 1 saturated carbocycles. The highest BCUT2D eigenvalue weighted by Gasteiger charge is 2.24. The van der Waals surface area contributed by atoms with Gasteiger partial charge in [-0.3, -0.25) is 4.99 Å². The topological polar surface area (TPSA) is 113 Å². The van der Waals surface area contributed by atoms with Gasteiger partial charge in [-0.1, -0.05) is 6.42 Å². The number of nitrogens with one attached hydrogen (secondary N) is 3. The summed E-state index contributed by atoms with van der Waals surface area (Å²) in [5.74, 6) is 2.80. The van der Waals surface area contributed by atoms with E-state index in [0.29, 0.717) is 25.0 Å². The van der Waals surface area contributed by atoms with Gasteiger partial charge in [0.2, 0.25) is 10.0 Å². The summed E-state index contributed by atoms with van der Waals surface area (Å²) in [7, 11) is -1.58. The highest BCUT2D eigenvalue weighted by molar-refractivity contribution is 14.0. The van der Waals surface area contributed by atoms with E-state index in [0.717, 1.165) is 43.9 Å². The number of guanidine groups is 1. The molecule has 154 valence electrons. The van der Waals surface area contributed by atoms with Crippen molar-refractivity contribution in [2.24, 2.45) is 10.9 Å². The van der Waals surface area contributed by atoms with E-state index in [2.05, 4.69) is 30.4 Å². The Balaban J connectivity index is 0.00000261. The predicted molar refractivity (Wildman–Crippen MR) is 116 cm³/mol. The molecule has 2 heterocycles. The van der Waals surface area contributed by atoms with Crippen LogP contribution in [-0.2, 0) is 16.6 Å². The van der Waals surface area contributed by atoms with Crippen LogP contribution in [0.25, 0.3) is 0 Å². The molecule has 1 aliphatic carbocycles. The third kappa shape index (κ3) is 6.28. The SMILES string of the molecule is CN=C(NCCS(=O)(=O)NCC1CCC1)NC1CCCn2nc(C)nc21.I. The molecule has 2 aliphatic rings. The summed E-state index contributed by atoms with van der Waals surface area (Å²) < 4.78 is 28.8. The molecule has 0 amide bonds. The Hall–Kier alpha value is -0.950. The van der Waals surface area contributed by atoms with E-state index in [4.69, 9.17) is 0 Å². The molecule has 1 atom stereocenters. The Kier molecular flexibility index (Phi) is 8.28. The molecular weight excluding hydrogens is 481 g/mol. The second kappa shape index (κ2) is 10.0. The number of hydrogen-bond donors (Lipinski definition) is 3. The summed E-state index contributed by atoms with van der Waals surface area (Å²) in [5, 5.41) is 10.8. The van der Waals surface area contributed by atoms with Gasteiger partial charge >= 0.3 is 0 Å². The molecule has 1 unspecified atom stereocenters. The first-order valence-corrected chi connectivity index (χ1v) is 11.0. The predicted octanol–water partition coefficient (Wildman–Crippen LogP) is 0.924. The molecule has 0 spiro atoms. The quantitative estimate of drug-likeness (QED) is 0.285. The Morgan fingerprint density at radius 1 is 1.30 bits per heavy atom. The molecule has 1 aliphatic heterocycles. The van der Waals surface area contributed by atoms with Crippen molar-refractivity contribution in [1.29, 1.82) is 0 Å². The first-order chi connectivity index (χ1) is 12.5. The van der Waals surface area contributed by atoms with Crippen molar-refractivity contribution in [3.63, 3.8) is 0 Å². The second-order valence-electron chi connectivity index (χ2n) is 7.04. The van der Waals surface area contributed by atoms with E-state index in [-0.39, 0.29) is 35.8 Å². The molecule has 11 heteroatoms. The third-order valence-corrected chi connectivity index (χ3v) is 6.34. The smallest absolute Gasteiger partial charge is 0.213 e. The van der Waals surface area contributed by atoms with Crippen molar-refractivity contribution in [2.75, 3.05) is 25.9 Å². The van der Waals surface area contributed by atoms with E-state index in [1.54, 1.807) is 7.05 Å². The normalized spacial score (nSPS) is 20.4. The van der Waals surface area contributed by atoms with Gasteiger partial charge < -0.3 is 10.6 Å². The van der Waals surface area contributed by atoms with Crippen LogP contribution in [0.15, 0.2) is 4.99 Å². The first-order valence-electron chi connectivity index (χ1n) is 9.33. The molecule has 0 bridgehead atoms. The van der Waals surface area contributed by atoms with Crippen molar-refractivity contribution in [2.45, 2.75) is 51.6 Å². The van der Waals surface area contributed by atoms with E-state index >= 15 is 0 Å². The number of rotatable bonds is 7. The number of aliphatic imine (C=N–C) groups is 1. The summed E-state index contributed by atoms with van der Waals surface area (Å²) in [6, 6.07) is 0.0319. The Morgan fingerprint density at radius 3 is 2.74 bits per heavy atom. The summed E-state index contributed by atoms with van der Waals surface area (Å²) >= 11 is 0. The lowest BCUT2D eigenvalue weighted by Gasteiger charge is -2.25. The zero-order valence-electron chi connectivity index (χ0n) is 15.9. The monoisotopic (exact) mass is 511 g/mol. The highest BCUT2D eigenvalue weighted by atomic mass is 127. The van der Waals surface area contributed by atoms with Gasteiger partial charge in [-0.2, -0.15) is 5.10 Å². The standard InChI is InChI=1S/C16H29N7O2S.HI/c1-12-20-15-14(7-4-9-23(15)22-12)21-16(17-2)18-8-10-26(24,25)19-11-13-5-3-6-13;/h13-14,19H,3-11H2,1-2H3,(H2,17,18,21);1H. The fraction of sp³-hybridized carbons (Fsp3) is 0.812.